The molecule has 3 aromatic rings. The van der Waals surface area contributed by atoms with E-state index in [4.69, 9.17) is 0 Å². The Labute approximate surface area is 141 Å². The molecule has 4 heteroatoms. The summed E-state index contributed by atoms with van der Waals surface area (Å²) >= 11 is 0. The number of hydrogen-bond acceptors (Lipinski definition) is 3. The summed E-state index contributed by atoms with van der Waals surface area (Å²) < 4.78 is 0. The number of rotatable bonds is 5. The van der Waals surface area contributed by atoms with Crippen LogP contribution in [0.15, 0.2) is 84.9 Å². The third-order valence-corrected chi connectivity index (χ3v) is 3.59. The number of carbonyl (C=O) groups excluding carboxylic acids is 1. The van der Waals surface area contributed by atoms with Gasteiger partial charge in [0.2, 0.25) is 0 Å². The minimum Gasteiger partial charge on any atom is -0.508 e. The molecular formula is C20H18N2O2. The maximum atomic E-state index is 12.8. The maximum Gasteiger partial charge on any atom is 0.250 e. The van der Waals surface area contributed by atoms with Crippen LogP contribution in [0.5, 0.6) is 5.75 Å². The van der Waals surface area contributed by atoms with Crippen LogP contribution in [0.4, 0.5) is 17.1 Å². The first-order valence-electron chi connectivity index (χ1n) is 7.70. The van der Waals surface area contributed by atoms with Crippen molar-refractivity contribution in [3.05, 3.63) is 84.9 Å². The number of para-hydroxylation sites is 2. The highest BCUT2D eigenvalue weighted by atomic mass is 16.3. The van der Waals surface area contributed by atoms with Crippen molar-refractivity contribution >= 4 is 23.0 Å². The zero-order valence-corrected chi connectivity index (χ0v) is 13.1. The fourth-order valence-electron chi connectivity index (χ4n) is 2.43. The number of benzene rings is 3. The van der Waals surface area contributed by atoms with Crippen LogP contribution in [0.1, 0.15) is 0 Å². The van der Waals surface area contributed by atoms with Gasteiger partial charge in [-0.1, -0.05) is 36.4 Å². The lowest BCUT2D eigenvalue weighted by Gasteiger charge is -2.23. The lowest BCUT2D eigenvalue weighted by atomic mass is 10.2. The first kappa shape index (κ1) is 15.6. The highest BCUT2D eigenvalue weighted by molar-refractivity contribution is 6.02. The molecule has 0 saturated carbocycles. The summed E-state index contributed by atoms with van der Waals surface area (Å²) in [5, 5.41) is 12.4. The molecule has 0 spiro atoms. The van der Waals surface area contributed by atoms with Crippen LogP contribution in [-0.2, 0) is 4.79 Å². The predicted molar refractivity (Wildman–Crippen MR) is 96.6 cm³/mol. The van der Waals surface area contributed by atoms with E-state index in [0.29, 0.717) is 0 Å². The molecule has 0 radical (unpaired) electrons. The molecule has 120 valence electrons. The molecule has 0 heterocycles. The zero-order valence-electron chi connectivity index (χ0n) is 13.1. The molecule has 0 saturated heterocycles. The monoisotopic (exact) mass is 318 g/mol. The number of anilines is 3. The van der Waals surface area contributed by atoms with Crippen molar-refractivity contribution in [2.75, 3.05) is 16.8 Å². The van der Waals surface area contributed by atoms with E-state index in [0.717, 1.165) is 17.1 Å². The second kappa shape index (κ2) is 7.33. The summed E-state index contributed by atoms with van der Waals surface area (Å²) in [7, 11) is 0. The van der Waals surface area contributed by atoms with Gasteiger partial charge in [0.15, 0.2) is 0 Å². The average Bonchev–Trinajstić information content (AvgIpc) is 2.63. The first-order valence-corrected chi connectivity index (χ1v) is 7.70. The van der Waals surface area contributed by atoms with Gasteiger partial charge in [0.1, 0.15) is 5.75 Å². The molecule has 0 unspecified atom stereocenters. The van der Waals surface area contributed by atoms with Gasteiger partial charge in [0.05, 0.1) is 6.54 Å². The van der Waals surface area contributed by atoms with Gasteiger partial charge in [-0.05, 0) is 48.5 Å². The molecular weight excluding hydrogens is 300 g/mol. The topological polar surface area (TPSA) is 52.6 Å². The minimum absolute atomic E-state index is 0.0690. The van der Waals surface area contributed by atoms with E-state index in [-0.39, 0.29) is 18.2 Å². The maximum absolute atomic E-state index is 12.8. The summed E-state index contributed by atoms with van der Waals surface area (Å²) in [6.07, 6.45) is 0. The van der Waals surface area contributed by atoms with E-state index in [9.17, 15) is 9.90 Å². The molecule has 24 heavy (non-hydrogen) atoms. The largest absolute Gasteiger partial charge is 0.508 e. The van der Waals surface area contributed by atoms with Crippen molar-refractivity contribution in [1.29, 1.82) is 0 Å². The third-order valence-electron chi connectivity index (χ3n) is 3.59. The molecule has 0 aliphatic heterocycles. The Morgan fingerprint density at radius 2 is 1.29 bits per heavy atom. The Bertz CT molecular complexity index is 747. The highest BCUT2D eigenvalue weighted by Gasteiger charge is 2.17. The lowest BCUT2D eigenvalue weighted by Crippen LogP contribution is -2.31. The Morgan fingerprint density at radius 1 is 0.792 bits per heavy atom. The number of nitrogens with zero attached hydrogens (tertiary/aromatic N) is 1. The summed E-state index contributed by atoms with van der Waals surface area (Å²) in [5.74, 6) is 0.127. The fraction of sp³-hybridized carbons (Fsp3) is 0.0500. The summed E-state index contributed by atoms with van der Waals surface area (Å²) in [6.45, 7) is 0.147. The van der Waals surface area contributed by atoms with Gasteiger partial charge in [0.25, 0.3) is 5.91 Å². The number of nitrogens with one attached hydrogen (secondary N) is 1. The van der Waals surface area contributed by atoms with E-state index in [1.807, 2.05) is 60.7 Å². The Balaban J connectivity index is 1.80. The van der Waals surface area contributed by atoms with Gasteiger partial charge in [-0.2, -0.15) is 0 Å². The van der Waals surface area contributed by atoms with E-state index in [2.05, 4.69) is 5.32 Å². The van der Waals surface area contributed by atoms with Crippen molar-refractivity contribution in [2.24, 2.45) is 0 Å². The standard InChI is InChI=1S/C20H18N2O2/c23-19-13-11-16(12-14-19)21-15-20(24)22(17-7-3-1-4-8-17)18-9-5-2-6-10-18/h1-14,21,23H,15H2. The van der Waals surface area contributed by atoms with Crippen LogP contribution in [0.2, 0.25) is 0 Å². The van der Waals surface area contributed by atoms with E-state index >= 15 is 0 Å². The van der Waals surface area contributed by atoms with Crippen LogP contribution in [0, 0.1) is 0 Å². The smallest absolute Gasteiger partial charge is 0.250 e. The molecule has 0 aliphatic carbocycles. The molecule has 3 rings (SSSR count). The molecule has 0 aromatic heterocycles. The SMILES string of the molecule is O=C(CNc1ccc(O)cc1)N(c1ccccc1)c1ccccc1. The van der Waals surface area contributed by atoms with Crippen molar-refractivity contribution in [2.45, 2.75) is 0 Å². The van der Waals surface area contributed by atoms with Gasteiger partial charge in [0, 0.05) is 17.1 Å². The number of aromatic hydroxyl groups is 1. The van der Waals surface area contributed by atoms with E-state index < -0.39 is 0 Å². The number of carbonyl (C=O) groups is 1. The molecule has 0 fully saturated rings. The Hall–Kier alpha value is -3.27. The van der Waals surface area contributed by atoms with Gasteiger partial charge >= 0.3 is 0 Å². The normalized spacial score (nSPS) is 10.2. The van der Waals surface area contributed by atoms with Crippen LogP contribution in [-0.4, -0.2) is 17.6 Å². The van der Waals surface area contributed by atoms with Crippen molar-refractivity contribution < 1.29 is 9.90 Å². The quantitative estimate of drug-likeness (QED) is 0.694. The highest BCUT2D eigenvalue weighted by Crippen LogP contribution is 2.25. The van der Waals surface area contributed by atoms with Crippen LogP contribution >= 0.6 is 0 Å². The van der Waals surface area contributed by atoms with Gasteiger partial charge in [-0.15, -0.1) is 0 Å². The molecule has 0 aliphatic rings. The third kappa shape index (κ3) is 3.73. The molecule has 1 amide bonds. The van der Waals surface area contributed by atoms with Crippen molar-refractivity contribution in [3.63, 3.8) is 0 Å². The van der Waals surface area contributed by atoms with Crippen LogP contribution < -0.4 is 10.2 Å². The van der Waals surface area contributed by atoms with E-state index in [1.54, 1.807) is 29.2 Å². The van der Waals surface area contributed by atoms with Crippen molar-refractivity contribution in [3.8, 4) is 5.75 Å². The number of hydrogen-bond donors (Lipinski definition) is 2. The number of amides is 1. The van der Waals surface area contributed by atoms with Gasteiger partial charge < -0.3 is 10.4 Å². The van der Waals surface area contributed by atoms with Crippen LogP contribution in [0.25, 0.3) is 0 Å². The van der Waals surface area contributed by atoms with Gasteiger partial charge in [-0.25, -0.2) is 0 Å². The van der Waals surface area contributed by atoms with E-state index in [1.165, 1.54) is 0 Å². The minimum atomic E-state index is -0.0690. The molecule has 3 aromatic carbocycles. The molecule has 0 bridgehead atoms. The lowest BCUT2D eigenvalue weighted by molar-refractivity contribution is -0.116. The fourth-order valence-corrected chi connectivity index (χ4v) is 2.43. The Kier molecular flexibility index (Phi) is 4.77. The second-order valence-corrected chi connectivity index (χ2v) is 5.30. The number of phenolic OH excluding ortho intramolecular Hbond substituents is 1. The number of phenols is 1. The average molecular weight is 318 g/mol. The molecule has 2 N–H and O–H groups in total. The summed E-state index contributed by atoms with van der Waals surface area (Å²) in [4.78, 5) is 14.5. The van der Waals surface area contributed by atoms with Crippen molar-refractivity contribution in [1.82, 2.24) is 0 Å². The molecule has 0 atom stereocenters. The zero-order chi connectivity index (χ0) is 16.8. The summed E-state index contributed by atoms with van der Waals surface area (Å²) in [5.41, 5.74) is 2.42. The Morgan fingerprint density at radius 3 is 1.79 bits per heavy atom. The molecule has 4 nitrogen and oxygen atoms in total. The second-order valence-electron chi connectivity index (χ2n) is 5.30. The van der Waals surface area contributed by atoms with Crippen LogP contribution in [0.3, 0.4) is 0 Å². The first-order chi connectivity index (χ1) is 11.7. The summed E-state index contributed by atoms with van der Waals surface area (Å²) in [6, 6.07) is 25.7. The predicted octanol–water partition coefficient (Wildman–Crippen LogP) is 4.17. The van der Waals surface area contributed by atoms with Gasteiger partial charge in [-0.3, -0.25) is 9.69 Å².